The van der Waals surface area contributed by atoms with Gasteiger partial charge in [-0.2, -0.15) is 0 Å². The molecule has 0 heterocycles. The highest BCUT2D eigenvalue weighted by Gasteiger charge is 2.59. The quantitative estimate of drug-likeness (QED) is 0.125. The van der Waals surface area contributed by atoms with Crippen molar-refractivity contribution in [3.63, 3.8) is 0 Å². The van der Waals surface area contributed by atoms with E-state index in [-0.39, 0.29) is 11.9 Å². The zero-order chi connectivity index (χ0) is 26.8. The van der Waals surface area contributed by atoms with Gasteiger partial charge in [0.1, 0.15) is 0 Å². The fourth-order valence-corrected chi connectivity index (χ4v) is 9.51. The third kappa shape index (κ3) is 6.15. The summed E-state index contributed by atoms with van der Waals surface area (Å²) in [6.07, 6.45) is 19.4. The molecule has 3 fully saturated rings. The van der Waals surface area contributed by atoms with E-state index in [0.29, 0.717) is 30.3 Å². The molecule has 210 valence electrons. The topological polar surface area (TPSA) is 66.8 Å². The zero-order valence-electron chi connectivity index (χ0n) is 24.3. The molecular formula is C33H54O4. The van der Waals surface area contributed by atoms with Crippen molar-refractivity contribution in [3.8, 4) is 0 Å². The van der Waals surface area contributed by atoms with Gasteiger partial charge in [0, 0.05) is 13.0 Å². The predicted molar refractivity (Wildman–Crippen MR) is 150 cm³/mol. The second-order valence-electron chi connectivity index (χ2n) is 14.1. The maximum absolute atomic E-state index is 10.7. The number of aliphatic hydroxyl groups excluding tert-OH is 1. The number of allylic oxidation sites excluding steroid dienone is 2. The van der Waals surface area contributed by atoms with Crippen LogP contribution >= 0.6 is 0 Å². The average Bonchev–Trinajstić information content (AvgIpc) is 3.18. The lowest BCUT2D eigenvalue weighted by atomic mass is 9.47. The molecule has 0 amide bonds. The lowest BCUT2D eigenvalue weighted by Crippen LogP contribution is -2.51. The van der Waals surface area contributed by atoms with Crippen LogP contribution in [0, 0.1) is 46.3 Å². The maximum atomic E-state index is 10.7. The summed E-state index contributed by atoms with van der Waals surface area (Å²) in [5.41, 5.74) is 2.54. The Morgan fingerprint density at radius 3 is 2.57 bits per heavy atom. The summed E-state index contributed by atoms with van der Waals surface area (Å²) in [7, 11) is 0. The first-order chi connectivity index (χ1) is 17.5. The number of carboxylic acid groups (broad SMARTS) is 1. The second-order valence-corrected chi connectivity index (χ2v) is 14.1. The van der Waals surface area contributed by atoms with Gasteiger partial charge < -0.3 is 14.9 Å². The van der Waals surface area contributed by atoms with Crippen molar-refractivity contribution < 1.29 is 19.7 Å². The molecule has 4 aliphatic rings. The molecule has 0 unspecified atom stereocenters. The van der Waals surface area contributed by atoms with E-state index in [1.54, 1.807) is 5.57 Å². The predicted octanol–water partition coefficient (Wildman–Crippen LogP) is 8.72. The van der Waals surface area contributed by atoms with E-state index in [2.05, 4.69) is 40.7 Å². The fourth-order valence-electron chi connectivity index (χ4n) is 9.51. The van der Waals surface area contributed by atoms with Crippen molar-refractivity contribution in [2.45, 2.75) is 124 Å². The Balaban J connectivity index is 1.34. The monoisotopic (exact) mass is 514 g/mol. The maximum Gasteiger partial charge on any atom is 0.331 e. The fraction of sp³-hybridized carbons (Fsp3) is 0.848. The van der Waals surface area contributed by atoms with Gasteiger partial charge >= 0.3 is 5.97 Å². The Morgan fingerprint density at radius 2 is 1.84 bits per heavy atom. The number of aliphatic hydroxyl groups is 1. The van der Waals surface area contributed by atoms with E-state index in [1.807, 2.05) is 0 Å². The Morgan fingerprint density at radius 1 is 1.05 bits per heavy atom. The molecule has 0 aromatic heterocycles. The number of hydrogen-bond acceptors (Lipinski definition) is 3. The molecule has 0 bridgehead atoms. The minimum Gasteiger partial charge on any atom is -0.512 e. The Labute approximate surface area is 226 Å². The van der Waals surface area contributed by atoms with Gasteiger partial charge in [-0.3, -0.25) is 0 Å². The normalized spacial score (nSPS) is 38.5. The highest BCUT2D eigenvalue weighted by atomic mass is 16.5. The summed E-state index contributed by atoms with van der Waals surface area (Å²) in [5, 5.41) is 18.4. The van der Waals surface area contributed by atoms with Gasteiger partial charge in [0.05, 0.1) is 17.9 Å². The van der Waals surface area contributed by atoms with Crippen LogP contribution in [0.5, 0.6) is 0 Å². The summed E-state index contributed by atoms with van der Waals surface area (Å²) >= 11 is 0. The molecule has 0 spiro atoms. The number of rotatable bonds is 11. The number of hydrogen-bond donors (Lipinski definition) is 2. The SMILES string of the molecule is CC(C)CCC[C@@H](C)[C@H]1CC[C@H]2[C@@H]3CC=C4C[C@@H](OCCCC(O)=CC(=O)O)CC[C@]4(C)[C@H]3CC[C@]12C. The van der Waals surface area contributed by atoms with Gasteiger partial charge in [-0.05, 0) is 104 Å². The molecule has 4 aliphatic carbocycles. The standard InChI is InChI=1S/C33H54O4/c1-22(2)8-6-9-23(3)28-13-14-29-27-12-11-24-20-26(37-19-7-10-25(34)21-31(35)36)15-17-32(24,4)30(27)16-18-33(28,29)5/h11,21-23,26-30,34H,6-10,12-20H2,1-5H3,(H,35,36)/t23-,26+,27+,28-,29+,30+,32+,33-/m1/s1. The van der Waals surface area contributed by atoms with Crippen LogP contribution in [0.4, 0.5) is 0 Å². The molecule has 4 nitrogen and oxygen atoms in total. The molecule has 3 saturated carbocycles. The third-order valence-electron chi connectivity index (χ3n) is 11.5. The van der Waals surface area contributed by atoms with E-state index in [1.165, 1.54) is 57.8 Å². The van der Waals surface area contributed by atoms with Crippen LogP contribution in [0.15, 0.2) is 23.5 Å². The van der Waals surface area contributed by atoms with E-state index >= 15 is 0 Å². The Kier molecular flexibility index (Phi) is 9.19. The van der Waals surface area contributed by atoms with Crippen LogP contribution in [-0.4, -0.2) is 28.9 Å². The lowest BCUT2D eigenvalue weighted by Gasteiger charge is -2.58. The van der Waals surface area contributed by atoms with E-state index in [9.17, 15) is 9.90 Å². The number of fused-ring (bicyclic) bond motifs is 5. The number of ether oxygens (including phenoxy) is 1. The molecule has 0 aromatic carbocycles. The van der Waals surface area contributed by atoms with Crippen LogP contribution < -0.4 is 0 Å². The largest absolute Gasteiger partial charge is 0.512 e. The van der Waals surface area contributed by atoms with Crippen LogP contribution in [-0.2, 0) is 9.53 Å². The first-order valence-corrected chi connectivity index (χ1v) is 15.5. The molecule has 4 rings (SSSR count). The van der Waals surface area contributed by atoms with Crippen LogP contribution in [0.2, 0.25) is 0 Å². The molecular weight excluding hydrogens is 460 g/mol. The Bertz CT molecular complexity index is 858. The first-order valence-electron chi connectivity index (χ1n) is 15.5. The molecule has 0 radical (unpaired) electrons. The summed E-state index contributed by atoms with van der Waals surface area (Å²) in [6.45, 7) is 13.1. The molecule has 0 saturated heterocycles. The van der Waals surface area contributed by atoms with Gasteiger partial charge in [0.2, 0.25) is 0 Å². The van der Waals surface area contributed by atoms with E-state index in [4.69, 9.17) is 9.84 Å². The number of carbonyl (C=O) groups is 1. The zero-order valence-corrected chi connectivity index (χ0v) is 24.3. The number of aliphatic carboxylic acids is 1. The molecule has 4 heteroatoms. The minimum atomic E-state index is -1.10. The molecule has 37 heavy (non-hydrogen) atoms. The molecule has 0 aromatic rings. The summed E-state index contributed by atoms with van der Waals surface area (Å²) in [4.78, 5) is 10.7. The van der Waals surface area contributed by atoms with Gasteiger partial charge in [-0.25, -0.2) is 4.79 Å². The van der Waals surface area contributed by atoms with Crippen molar-refractivity contribution >= 4 is 5.97 Å². The van der Waals surface area contributed by atoms with E-state index in [0.717, 1.165) is 54.4 Å². The summed E-state index contributed by atoms with van der Waals surface area (Å²) < 4.78 is 6.21. The molecule has 2 N–H and O–H groups in total. The van der Waals surface area contributed by atoms with Crippen LogP contribution in [0.25, 0.3) is 0 Å². The first kappa shape index (κ1) is 28.7. The van der Waals surface area contributed by atoms with E-state index < -0.39 is 5.97 Å². The van der Waals surface area contributed by atoms with Crippen molar-refractivity contribution in [2.24, 2.45) is 46.3 Å². The summed E-state index contributed by atoms with van der Waals surface area (Å²) in [6, 6.07) is 0. The van der Waals surface area contributed by atoms with Gasteiger partial charge in [-0.15, -0.1) is 0 Å². The Hall–Kier alpha value is -1.29. The minimum absolute atomic E-state index is 0.0725. The smallest absolute Gasteiger partial charge is 0.331 e. The van der Waals surface area contributed by atoms with Crippen LogP contribution in [0.3, 0.4) is 0 Å². The van der Waals surface area contributed by atoms with Crippen molar-refractivity contribution in [1.82, 2.24) is 0 Å². The molecule has 8 atom stereocenters. The highest BCUT2D eigenvalue weighted by Crippen LogP contribution is 2.67. The van der Waals surface area contributed by atoms with Crippen LogP contribution in [0.1, 0.15) is 118 Å². The van der Waals surface area contributed by atoms with Crippen molar-refractivity contribution in [1.29, 1.82) is 0 Å². The second kappa shape index (κ2) is 11.8. The lowest BCUT2D eigenvalue weighted by molar-refractivity contribution is -0.131. The van der Waals surface area contributed by atoms with Gasteiger partial charge in [0.15, 0.2) is 0 Å². The average molecular weight is 515 g/mol. The van der Waals surface area contributed by atoms with Crippen molar-refractivity contribution in [3.05, 3.63) is 23.5 Å². The highest BCUT2D eigenvalue weighted by molar-refractivity contribution is 5.80. The third-order valence-corrected chi connectivity index (χ3v) is 11.5. The van der Waals surface area contributed by atoms with Gasteiger partial charge in [0.25, 0.3) is 0 Å². The van der Waals surface area contributed by atoms with Crippen molar-refractivity contribution in [2.75, 3.05) is 6.61 Å². The molecule has 0 aliphatic heterocycles. The summed E-state index contributed by atoms with van der Waals surface area (Å²) in [5.74, 6) is 4.03. The number of carboxylic acids is 1. The van der Waals surface area contributed by atoms with Gasteiger partial charge in [-0.1, -0.05) is 65.5 Å².